The predicted octanol–water partition coefficient (Wildman–Crippen LogP) is 1.68. The molecule has 0 atom stereocenters. The fourth-order valence-corrected chi connectivity index (χ4v) is 2.50. The minimum absolute atomic E-state index is 0.0707. The SMILES string of the molecule is O=C1NCCn2nc(-c3ccnc(-c4ccc[nH]4)c3)cc21. The van der Waals surface area contributed by atoms with Crippen LogP contribution in [0.3, 0.4) is 0 Å². The van der Waals surface area contributed by atoms with Crippen LogP contribution in [-0.2, 0) is 6.54 Å². The van der Waals surface area contributed by atoms with Crippen LogP contribution < -0.4 is 5.32 Å². The molecule has 0 radical (unpaired) electrons. The minimum atomic E-state index is -0.0707. The van der Waals surface area contributed by atoms with Crippen molar-refractivity contribution in [3.8, 4) is 22.6 Å². The number of amides is 1. The maximum absolute atomic E-state index is 11.8. The number of carbonyl (C=O) groups excluding carboxylic acids is 1. The summed E-state index contributed by atoms with van der Waals surface area (Å²) in [6.07, 6.45) is 3.62. The number of fused-ring (bicyclic) bond motifs is 1. The van der Waals surface area contributed by atoms with Gasteiger partial charge < -0.3 is 10.3 Å². The second-order valence-electron chi connectivity index (χ2n) is 4.91. The van der Waals surface area contributed by atoms with Gasteiger partial charge in [-0.15, -0.1) is 0 Å². The lowest BCUT2D eigenvalue weighted by atomic mass is 10.1. The van der Waals surface area contributed by atoms with Crippen LogP contribution in [0.5, 0.6) is 0 Å². The number of nitrogens with one attached hydrogen (secondary N) is 2. The van der Waals surface area contributed by atoms with Gasteiger partial charge >= 0.3 is 0 Å². The molecule has 4 heterocycles. The Balaban J connectivity index is 1.77. The Morgan fingerprint density at radius 3 is 2.95 bits per heavy atom. The molecular formula is C15H13N5O. The number of hydrogen-bond donors (Lipinski definition) is 2. The molecule has 104 valence electrons. The van der Waals surface area contributed by atoms with Crippen molar-refractivity contribution in [3.63, 3.8) is 0 Å². The molecule has 1 amide bonds. The number of H-pyrrole nitrogens is 1. The maximum atomic E-state index is 11.8. The molecule has 0 saturated heterocycles. The van der Waals surface area contributed by atoms with Gasteiger partial charge in [-0.2, -0.15) is 5.10 Å². The van der Waals surface area contributed by atoms with E-state index in [1.165, 1.54) is 0 Å². The molecule has 2 N–H and O–H groups in total. The van der Waals surface area contributed by atoms with Gasteiger partial charge in [-0.05, 0) is 30.3 Å². The number of nitrogens with zero attached hydrogens (tertiary/aromatic N) is 3. The zero-order valence-electron chi connectivity index (χ0n) is 11.2. The normalized spacial score (nSPS) is 13.8. The molecule has 0 aliphatic carbocycles. The fraction of sp³-hybridized carbons (Fsp3) is 0.133. The highest BCUT2D eigenvalue weighted by atomic mass is 16.2. The molecule has 0 aromatic carbocycles. The topological polar surface area (TPSA) is 75.6 Å². The highest BCUT2D eigenvalue weighted by Crippen LogP contribution is 2.24. The highest BCUT2D eigenvalue weighted by molar-refractivity contribution is 5.94. The van der Waals surface area contributed by atoms with Gasteiger partial charge in [0.2, 0.25) is 0 Å². The minimum Gasteiger partial charge on any atom is -0.360 e. The molecule has 0 fully saturated rings. The van der Waals surface area contributed by atoms with E-state index >= 15 is 0 Å². The molecule has 1 aliphatic heterocycles. The molecule has 0 saturated carbocycles. The lowest BCUT2D eigenvalue weighted by molar-refractivity contribution is 0.0924. The van der Waals surface area contributed by atoms with E-state index in [0.29, 0.717) is 18.8 Å². The van der Waals surface area contributed by atoms with Gasteiger partial charge in [-0.1, -0.05) is 0 Å². The van der Waals surface area contributed by atoms with Crippen molar-refractivity contribution >= 4 is 5.91 Å². The van der Waals surface area contributed by atoms with Gasteiger partial charge in [0.25, 0.3) is 5.91 Å². The summed E-state index contributed by atoms with van der Waals surface area (Å²) >= 11 is 0. The predicted molar refractivity (Wildman–Crippen MR) is 77.6 cm³/mol. The van der Waals surface area contributed by atoms with Crippen molar-refractivity contribution in [1.82, 2.24) is 25.1 Å². The van der Waals surface area contributed by atoms with Crippen LogP contribution >= 0.6 is 0 Å². The molecule has 1 aliphatic rings. The number of carbonyl (C=O) groups is 1. The van der Waals surface area contributed by atoms with Crippen molar-refractivity contribution < 1.29 is 4.79 Å². The van der Waals surface area contributed by atoms with E-state index in [2.05, 4.69) is 20.4 Å². The fourth-order valence-electron chi connectivity index (χ4n) is 2.50. The molecule has 3 aromatic heterocycles. The van der Waals surface area contributed by atoms with Gasteiger partial charge in [0.1, 0.15) is 5.69 Å². The van der Waals surface area contributed by atoms with Gasteiger partial charge in [0, 0.05) is 24.5 Å². The van der Waals surface area contributed by atoms with Crippen LogP contribution in [-0.4, -0.2) is 32.2 Å². The smallest absolute Gasteiger partial charge is 0.269 e. The van der Waals surface area contributed by atoms with Crippen molar-refractivity contribution in [1.29, 1.82) is 0 Å². The summed E-state index contributed by atoms with van der Waals surface area (Å²) in [6, 6.07) is 9.60. The average molecular weight is 279 g/mol. The number of aromatic nitrogens is 4. The number of hydrogen-bond acceptors (Lipinski definition) is 3. The van der Waals surface area contributed by atoms with Crippen LogP contribution in [0, 0.1) is 0 Å². The van der Waals surface area contributed by atoms with E-state index in [-0.39, 0.29) is 5.91 Å². The monoisotopic (exact) mass is 279 g/mol. The molecule has 0 bridgehead atoms. The van der Waals surface area contributed by atoms with E-state index in [1.54, 1.807) is 10.9 Å². The molecule has 4 rings (SSSR count). The Kier molecular flexibility index (Phi) is 2.60. The highest BCUT2D eigenvalue weighted by Gasteiger charge is 2.19. The Hall–Kier alpha value is -2.89. The summed E-state index contributed by atoms with van der Waals surface area (Å²) in [6.45, 7) is 1.33. The first kappa shape index (κ1) is 11.9. The lowest BCUT2D eigenvalue weighted by Gasteiger charge is -2.13. The summed E-state index contributed by atoms with van der Waals surface area (Å²) in [5, 5.41) is 7.33. The van der Waals surface area contributed by atoms with E-state index in [4.69, 9.17) is 0 Å². The van der Waals surface area contributed by atoms with Crippen LogP contribution in [0.25, 0.3) is 22.6 Å². The van der Waals surface area contributed by atoms with E-state index in [0.717, 1.165) is 22.6 Å². The lowest BCUT2D eigenvalue weighted by Crippen LogP contribution is -2.35. The molecule has 21 heavy (non-hydrogen) atoms. The molecule has 0 spiro atoms. The summed E-state index contributed by atoms with van der Waals surface area (Å²) in [5.74, 6) is -0.0707. The Labute approximate surface area is 120 Å². The second-order valence-corrected chi connectivity index (χ2v) is 4.91. The van der Waals surface area contributed by atoms with Crippen LogP contribution in [0.15, 0.2) is 42.7 Å². The standard InChI is InChI=1S/C15H13N5O/c21-15-14-9-12(19-20(14)7-6-18-15)10-3-5-17-13(8-10)11-2-1-4-16-11/h1-5,8-9,16H,6-7H2,(H,18,21). The molecule has 6 nitrogen and oxygen atoms in total. The third kappa shape index (κ3) is 2.01. The second kappa shape index (κ2) is 4.59. The van der Waals surface area contributed by atoms with Crippen molar-refractivity contribution in [3.05, 3.63) is 48.4 Å². The average Bonchev–Trinajstić information content (AvgIpc) is 3.18. The van der Waals surface area contributed by atoms with Crippen molar-refractivity contribution in [2.24, 2.45) is 0 Å². The van der Waals surface area contributed by atoms with E-state index in [1.807, 2.05) is 36.5 Å². The third-order valence-corrected chi connectivity index (χ3v) is 3.55. The Morgan fingerprint density at radius 1 is 1.19 bits per heavy atom. The summed E-state index contributed by atoms with van der Waals surface area (Å²) in [4.78, 5) is 19.3. The van der Waals surface area contributed by atoms with E-state index < -0.39 is 0 Å². The van der Waals surface area contributed by atoms with Crippen LogP contribution in [0.1, 0.15) is 10.5 Å². The zero-order valence-corrected chi connectivity index (χ0v) is 11.2. The summed E-state index contributed by atoms with van der Waals surface area (Å²) < 4.78 is 1.75. The van der Waals surface area contributed by atoms with Crippen molar-refractivity contribution in [2.75, 3.05) is 6.54 Å². The first-order valence-corrected chi connectivity index (χ1v) is 6.77. The molecule has 0 unspecified atom stereocenters. The molecule has 6 heteroatoms. The first-order valence-electron chi connectivity index (χ1n) is 6.77. The van der Waals surface area contributed by atoms with Gasteiger partial charge in [0.15, 0.2) is 0 Å². The first-order chi connectivity index (χ1) is 10.3. The Morgan fingerprint density at radius 2 is 2.14 bits per heavy atom. The van der Waals surface area contributed by atoms with Gasteiger partial charge in [0.05, 0.1) is 23.6 Å². The zero-order chi connectivity index (χ0) is 14.2. The largest absolute Gasteiger partial charge is 0.360 e. The van der Waals surface area contributed by atoms with Crippen molar-refractivity contribution in [2.45, 2.75) is 6.54 Å². The van der Waals surface area contributed by atoms with Crippen LogP contribution in [0.2, 0.25) is 0 Å². The number of pyridine rings is 1. The molecule has 3 aromatic rings. The molecular weight excluding hydrogens is 266 g/mol. The quantitative estimate of drug-likeness (QED) is 0.749. The Bertz CT molecular complexity index is 803. The summed E-state index contributed by atoms with van der Waals surface area (Å²) in [5.41, 5.74) is 4.16. The third-order valence-electron chi connectivity index (χ3n) is 3.55. The van der Waals surface area contributed by atoms with E-state index in [9.17, 15) is 4.79 Å². The van der Waals surface area contributed by atoms with Crippen LogP contribution in [0.4, 0.5) is 0 Å². The number of aromatic amines is 1. The number of rotatable bonds is 2. The maximum Gasteiger partial charge on any atom is 0.269 e. The van der Waals surface area contributed by atoms with Gasteiger partial charge in [-0.3, -0.25) is 14.5 Å². The summed E-state index contributed by atoms with van der Waals surface area (Å²) in [7, 11) is 0. The van der Waals surface area contributed by atoms with Gasteiger partial charge in [-0.25, -0.2) is 0 Å².